The fourth-order valence-corrected chi connectivity index (χ4v) is 2.25. The maximum atomic E-state index is 5.72. The fraction of sp³-hybridized carbons (Fsp3) is 0.600. The molecule has 1 aromatic carbocycles. The summed E-state index contributed by atoms with van der Waals surface area (Å²) in [5, 5.41) is 0. The molecule has 1 unspecified atom stereocenters. The van der Waals surface area contributed by atoms with Crippen molar-refractivity contribution in [2.75, 3.05) is 6.54 Å². The maximum absolute atomic E-state index is 5.72. The highest BCUT2D eigenvalue weighted by Crippen LogP contribution is 2.37. The minimum absolute atomic E-state index is 0.285. The molecule has 0 spiro atoms. The number of hydrogen-bond donors (Lipinski definition) is 1. The normalized spacial score (nSPS) is 13.8. The summed E-state index contributed by atoms with van der Waals surface area (Å²) in [6.45, 7) is 9.83. The van der Waals surface area contributed by atoms with Gasteiger partial charge >= 0.3 is 0 Å². The van der Waals surface area contributed by atoms with Gasteiger partial charge in [0.2, 0.25) is 0 Å². The molecule has 0 aromatic heterocycles. The zero-order chi connectivity index (χ0) is 12.2. The van der Waals surface area contributed by atoms with Crippen molar-refractivity contribution in [2.24, 2.45) is 11.1 Å². The molecule has 2 N–H and O–H groups in total. The van der Waals surface area contributed by atoms with Gasteiger partial charge in [0.15, 0.2) is 0 Å². The van der Waals surface area contributed by atoms with Gasteiger partial charge in [0.05, 0.1) is 0 Å². The first-order valence-electron chi connectivity index (χ1n) is 6.28. The van der Waals surface area contributed by atoms with E-state index in [4.69, 9.17) is 5.73 Å². The maximum Gasteiger partial charge on any atom is -0.00712 e. The zero-order valence-corrected chi connectivity index (χ0v) is 11.1. The van der Waals surface area contributed by atoms with Crippen LogP contribution in [0.1, 0.15) is 51.2 Å². The molecule has 1 atom stereocenters. The van der Waals surface area contributed by atoms with E-state index in [1.54, 1.807) is 0 Å². The van der Waals surface area contributed by atoms with Crippen LogP contribution in [0.4, 0.5) is 0 Å². The standard InChI is InChI=1S/C15H25N/c1-5-12-6-8-13(9-7-12)14(10-11-16)15(2,3)4/h6-9,14H,5,10-11,16H2,1-4H3. The van der Waals surface area contributed by atoms with Gasteiger partial charge in [0, 0.05) is 0 Å². The van der Waals surface area contributed by atoms with Crippen LogP contribution in [-0.2, 0) is 6.42 Å². The lowest BCUT2D eigenvalue weighted by atomic mass is 9.74. The molecule has 1 nitrogen and oxygen atoms in total. The molecule has 0 saturated heterocycles. The first kappa shape index (κ1) is 13.2. The number of benzene rings is 1. The van der Waals surface area contributed by atoms with Gasteiger partial charge in [-0.15, -0.1) is 0 Å². The third-order valence-electron chi connectivity index (χ3n) is 3.29. The van der Waals surface area contributed by atoms with Gasteiger partial charge in [0.25, 0.3) is 0 Å². The molecule has 90 valence electrons. The quantitative estimate of drug-likeness (QED) is 0.820. The Labute approximate surface area is 100 Å². The summed E-state index contributed by atoms with van der Waals surface area (Å²) in [6, 6.07) is 9.02. The van der Waals surface area contributed by atoms with Crippen molar-refractivity contribution in [1.82, 2.24) is 0 Å². The van der Waals surface area contributed by atoms with Gasteiger partial charge in [-0.25, -0.2) is 0 Å². The second-order valence-electron chi connectivity index (χ2n) is 5.59. The van der Waals surface area contributed by atoms with Crippen LogP contribution in [0, 0.1) is 5.41 Å². The second-order valence-corrected chi connectivity index (χ2v) is 5.59. The zero-order valence-electron chi connectivity index (χ0n) is 11.1. The number of nitrogens with two attached hydrogens (primary N) is 1. The Balaban J connectivity index is 2.93. The number of rotatable bonds is 4. The van der Waals surface area contributed by atoms with Crippen LogP contribution < -0.4 is 5.73 Å². The topological polar surface area (TPSA) is 26.0 Å². The van der Waals surface area contributed by atoms with Crippen molar-refractivity contribution in [3.8, 4) is 0 Å². The van der Waals surface area contributed by atoms with Crippen LogP contribution in [0.2, 0.25) is 0 Å². The molecule has 0 saturated carbocycles. The first-order chi connectivity index (χ1) is 7.49. The number of hydrogen-bond acceptors (Lipinski definition) is 1. The molecule has 0 fully saturated rings. The van der Waals surface area contributed by atoms with Crippen molar-refractivity contribution < 1.29 is 0 Å². The van der Waals surface area contributed by atoms with Crippen molar-refractivity contribution in [3.05, 3.63) is 35.4 Å². The van der Waals surface area contributed by atoms with Crippen LogP contribution in [0.25, 0.3) is 0 Å². The van der Waals surface area contributed by atoms with Crippen molar-refractivity contribution in [1.29, 1.82) is 0 Å². The van der Waals surface area contributed by atoms with E-state index in [9.17, 15) is 0 Å². The third-order valence-corrected chi connectivity index (χ3v) is 3.29. The summed E-state index contributed by atoms with van der Waals surface area (Å²) in [5.74, 6) is 0.559. The van der Waals surface area contributed by atoms with Crippen molar-refractivity contribution in [3.63, 3.8) is 0 Å². The lowest BCUT2D eigenvalue weighted by Gasteiger charge is -2.31. The van der Waals surface area contributed by atoms with Crippen LogP contribution in [-0.4, -0.2) is 6.54 Å². The van der Waals surface area contributed by atoms with Gasteiger partial charge < -0.3 is 5.73 Å². The molecule has 1 aromatic rings. The minimum atomic E-state index is 0.285. The molecule has 1 heteroatoms. The number of aryl methyl sites for hydroxylation is 1. The van der Waals surface area contributed by atoms with Gasteiger partial charge in [0.1, 0.15) is 0 Å². The average Bonchev–Trinajstić information content (AvgIpc) is 2.25. The highest BCUT2D eigenvalue weighted by atomic mass is 14.5. The summed E-state index contributed by atoms with van der Waals surface area (Å²) >= 11 is 0. The van der Waals surface area contributed by atoms with Crippen LogP contribution in [0.5, 0.6) is 0 Å². The van der Waals surface area contributed by atoms with E-state index in [1.165, 1.54) is 11.1 Å². The van der Waals surface area contributed by atoms with Crippen molar-refractivity contribution >= 4 is 0 Å². The fourth-order valence-electron chi connectivity index (χ4n) is 2.25. The van der Waals surface area contributed by atoms with E-state index < -0.39 is 0 Å². The molecule has 0 aliphatic carbocycles. The molecule has 1 rings (SSSR count). The van der Waals surface area contributed by atoms with Crippen molar-refractivity contribution in [2.45, 2.75) is 46.5 Å². The Kier molecular flexibility index (Phi) is 4.55. The Morgan fingerprint density at radius 1 is 1.12 bits per heavy atom. The Morgan fingerprint density at radius 2 is 1.69 bits per heavy atom. The van der Waals surface area contributed by atoms with Gasteiger partial charge in [-0.1, -0.05) is 52.0 Å². The van der Waals surface area contributed by atoms with E-state index >= 15 is 0 Å². The van der Waals surface area contributed by atoms with Crippen LogP contribution in [0.3, 0.4) is 0 Å². The Bertz CT molecular complexity index is 305. The molecule has 0 aliphatic rings. The molecule has 0 bridgehead atoms. The van der Waals surface area contributed by atoms with E-state index in [-0.39, 0.29) is 5.41 Å². The SMILES string of the molecule is CCc1ccc(C(CCN)C(C)(C)C)cc1. The molecule has 16 heavy (non-hydrogen) atoms. The summed E-state index contributed by atoms with van der Waals surface area (Å²) in [6.07, 6.45) is 2.17. The Hall–Kier alpha value is -0.820. The predicted molar refractivity (Wildman–Crippen MR) is 71.7 cm³/mol. The summed E-state index contributed by atoms with van der Waals surface area (Å²) in [7, 11) is 0. The predicted octanol–water partition coefficient (Wildman–Crippen LogP) is 3.73. The van der Waals surface area contributed by atoms with Gasteiger partial charge in [-0.2, -0.15) is 0 Å². The lowest BCUT2D eigenvalue weighted by molar-refractivity contribution is 0.308. The van der Waals surface area contributed by atoms with Gasteiger partial charge in [-0.3, -0.25) is 0 Å². The van der Waals surface area contributed by atoms with Crippen LogP contribution in [0.15, 0.2) is 24.3 Å². The average molecular weight is 219 g/mol. The monoisotopic (exact) mass is 219 g/mol. The summed E-state index contributed by atoms with van der Waals surface area (Å²) < 4.78 is 0. The largest absolute Gasteiger partial charge is 0.330 e. The second kappa shape index (κ2) is 5.49. The van der Waals surface area contributed by atoms with E-state index in [2.05, 4.69) is 52.0 Å². The summed E-state index contributed by atoms with van der Waals surface area (Å²) in [4.78, 5) is 0. The third kappa shape index (κ3) is 3.34. The Morgan fingerprint density at radius 3 is 2.06 bits per heavy atom. The molecule has 0 aliphatic heterocycles. The molecule has 0 amide bonds. The van der Waals surface area contributed by atoms with E-state index in [0.717, 1.165) is 19.4 Å². The first-order valence-corrected chi connectivity index (χ1v) is 6.28. The molecular formula is C15H25N. The van der Waals surface area contributed by atoms with E-state index in [0.29, 0.717) is 5.92 Å². The highest BCUT2D eigenvalue weighted by Gasteiger charge is 2.25. The van der Waals surface area contributed by atoms with Crippen LogP contribution >= 0.6 is 0 Å². The molecular weight excluding hydrogens is 194 g/mol. The van der Waals surface area contributed by atoms with Gasteiger partial charge in [-0.05, 0) is 41.8 Å². The summed E-state index contributed by atoms with van der Waals surface area (Å²) in [5.41, 5.74) is 8.84. The highest BCUT2D eigenvalue weighted by molar-refractivity contribution is 5.26. The van der Waals surface area contributed by atoms with E-state index in [1.807, 2.05) is 0 Å². The lowest BCUT2D eigenvalue weighted by Crippen LogP contribution is -2.21. The molecule has 0 radical (unpaired) electrons. The minimum Gasteiger partial charge on any atom is -0.330 e. The smallest absolute Gasteiger partial charge is 0.00712 e. The molecule has 0 heterocycles.